The molecule has 1 aliphatic heterocycles. The summed E-state index contributed by atoms with van der Waals surface area (Å²) in [4.78, 5) is 2.45. The summed E-state index contributed by atoms with van der Waals surface area (Å²) >= 11 is 1.99. The van der Waals surface area contributed by atoms with Crippen LogP contribution in [0.15, 0.2) is 0 Å². The van der Waals surface area contributed by atoms with Gasteiger partial charge in [0.1, 0.15) is 0 Å². The highest BCUT2D eigenvalue weighted by atomic mass is 32.2. The smallest absolute Gasteiger partial charge is 0.0826 e. The first kappa shape index (κ1) is 13.3. The second-order valence-corrected chi connectivity index (χ2v) is 5.18. The van der Waals surface area contributed by atoms with Gasteiger partial charge in [0.05, 0.1) is 12.7 Å². The molecule has 3 nitrogen and oxygen atoms in total. The Kier molecular flexibility index (Phi) is 7.44. The lowest BCUT2D eigenvalue weighted by Gasteiger charge is -2.32. The number of rotatable bonds is 7. The zero-order chi connectivity index (χ0) is 10.9. The summed E-state index contributed by atoms with van der Waals surface area (Å²) in [6.07, 6.45) is 0.394. The molecule has 1 rings (SSSR count). The van der Waals surface area contributed by atoms with Gasteiger partial charge >= 0.3 is 0 Å². The second-order valence-electron chi connectivity index (χ2n) is 3.79. The van der Waals surface area contributed by atoms with Gasteiger partial charge in [0, 0.05) is 31.9 Å². The van der Waals surface area contributed by atoms with E-state index in [1.54, 1.807) is 0 Å². The van der Waals surface area contributed by atoms with Crippen molar-refractivity contribution < 1.29 is 4.74 Å². The topological polar surface area (TPSA) is 24.5 Å². The molecule has 1 unspecified atom stereocenters. The first-order valence-corrected chi connectivity index (χ1v) is 7.14. The van der Waals surface area contributed by atoms with Crippen LogP contribution in [0.1, 0.15) is 13.8 Å². The number of likely N-dealkylation sites (N-methyl/N-ethyl adjacent to an activating group) is 1. The van der Waals surface area contributed by atoms with Crippen molar-refractivity contribution in [1.82, 2.24) is 10.2 Å². The Bertz CT molecular complexity index is 158. The van der Waals surface area contributed by atoms with E-state index in [0.717, 1.165) is 39.3 Å². The van der Waals surface area contributed by atoms with Gasteiger partial charge in [-0.15, -0.1) is 0 Å². The Morgan fingerprint density at radius 2 is 2.33 bits per heavy atom. The van der Waals surface area contributed by atoms with E-state index in [1.165, 1.54) is 11.5 Å². The fraction of sp³-hybridized carbons (Fsp3) is 1.00. The number of thioether (sulfide) groups is 1. The number of nitrogens with zero attached hydrogens (tertiary/aromatic N) is 1. The van der Waals surface area contributed by atoms with Crippen LogP contribution in [0, 0.1) is 0 Å². The minimum Gasteiger partial charge on any atom is -0.374 e. The number of ether oxygens (including phenoxy) is 1. The fourth-order valence-electron chi connectivity index (χ4n) is 1.74. The van der Waals surface area contributed by atoms with Crippen LogP contribution in [0.2, 0.25) is 0 Å². The number of hydrogen-bond donors (Lipinski definition) is 1. The molecule has 0 saturated carbocycles. The molecule has 0 spiro atoms. The highest BCUT2D eigenvalue weighted by Gasteiger charge is 2.18. The van der Waals surface area contributed by atoms with Crippen LogP contribution in [0.3, 0.4) is 0 Å². The molecule has 1 fully saturated rings. The van der Waals surface area contributed by atoms with E-state index < -0.39 is 0 Å². The summed E-state index contributed by atoms with van der Waals surface area (Å²) in [5.74, 6) is 2.42. The lowest BCUT2D eigenvalue weighted by atomic mass is 10.2. The Balaban J connectivity index is 2.00. The van der Waals surface area contributed by atoms with Crippen molar-refractivity contribution >= 4 is 11.8 Å². The molecule has 15 heavy (non-hydrogen) atoms. The van der Waals surface area contributed by atoms with E-state index in [-0.39, 0.29) is 0 Å². The molecule has 0 amide bonds. The molecule has 0 radical (unpaired) electrons. The average molecular weight is 232 g/mol. The van der Waals surface area contributed by atoms with Gasteiger partial charge in [-0.25, -0.2) is 0 Å². The van der Waals surface area contributed by atoms with Crippen molar-refractivity contribution in [3.05, 3.63) is 0 Å². The standard InChI is InChI=1S/C11H24N2OS/c1-3-13-6-7-14-11(10-13)9-12-5-8-15-4-2/h11-12H,3-10H2,1-2H3. The molecule has 1 saturated heterocycles. The minimum absolute atomic E-state index is 0.394. The van der Waals surface area contributed by atoms with Gasteiger partial charge in [-0.2, -0.15) is 11.8 Å². The van der Waals surface area contributed by atoms with Gasteiger partial charge in [0.2, 0.25) is 0 Å². The monoisotopic (exact) mass is 232 g/mol. The predicted octanol–water partition coefficient (Wildman–Crippen LogP) is 1.05. The van der Waals surface area contributed by atoms with Crippen molar-refractivity contribution in [2.75, 3.05) is 50.8 Å². The van der Waals surface area contributed by atoms with E-state index in [1.807, 2.05) is 11.8 Å². The lowest BCUT2D eigenvalue weighted by Crippen LogP contribution is -2.46. The molecule has 0 bridgehead atoms. The van der Waals surface area contributed by atoms with Gasteiger partial charge in [-0.05, 0) is 12.3 Å². The van der Waals surface area contributed by atoms with Crippen LogP contribution < -0.4 is 5.32 Å². The third-order valence-corrected chi connectivity index (χ3v) is 3.57. The van der Waals surface area contributed by atoms with Gasteiger partial charge < -0.3 is 10.1 Å². The summed E-state index contributed by atoms with van der Waals surface area (Å²) in [5.41, 5.74) is 0. The maximum absolute atomic E-state index is 5.71. The summed E-state index contributed by atoms with van der Waals surface area (Å²) in [6.45, 7) is 10.7. The van der Waals surface area contributed by atoms with E-state index >= 15 is 0 Å². The highest BCUT2D eigenvalue weighted by molar-refractivity contribution is 7.99. The van der Waals surface area contributed by atoms with Crippen LogP contribution >= 0.6 is 11.8 Å². The van der Waals surface area contributed by atoms with Crippen molar-refractivity contribution in [2.45, 2.75) is 20.0 Å². The summed E-state index contributed by atoms with van der Waals surface area (Å²) in [7, 11) is 0. The van der Waals surface area contributed by atoms with E-state index in [0.29, 0.717) is 6.10 Å². The van der Waals surface area contributed by atoms with Gasteiger partial charge in [0.25, 0.3) is 0 Å². The third-order valence-electron chi connectivity index (χ3n) is 2.67. The molecular formula is C11H24N2OS. The normalized spacial score (nSPS) is 23.2. The maximum Gasteiger partial charge on any atom is 0.0826 e. The first-order valence-electron chi connectivity index (χ1n) is 5.99. The molecule has 0 aromatic carbocycles. The zero-order valence-corrected chi connectivity index (χ0v) is 10.8. The Morgan fingerprint density at radius 1 is 1.47 bits per heavy atom. The van der Waals surface area contributed by atoms with Gasteiger partial charge in [0.15, 0.2) is 0 Å². The van der Waals surface area contributed by atoms with Crippen LogP contribution in [0.5, 0.6) is 0 Å². The maximum atomic E-state index is 5.71. The molecule has 0 aliphatic carbocycles. The predicted molar refractivity (Wildman–Crippen MR) is 67.7 cm³/mol. The van der Waals surface area contributed by atoms with Crippen molar-refractivity contribution in [2.24, 2.45) is 0 Å². The first-order chi connectivity index (χ1) is 7.36. The third kappa shape index (κ3) is 5.76. The summed E-state index contributed by atoms with van der Waals surface area (Å²) < 4.78 is 5.71. The summed E-state index contributed by atoms with van der Waals surface area (Å²) in [6, 6.07) is 0. The van der Waals surface area contributed by atoms with Crippen molar-refractivity contribution in [3.63, 3.8) is 0 Å². The summed E-state index contributed by atoms with van der Waals surface area (Å²) in [5, 5.41) is 3.46. The van der Waals surface area contributed by atoms with Crippen molar-refractivity contribution in [3.8, 4) is 0 Å². The number of morpholine rings is 1. The largest absolute Gasteiger partial charge is 0.374 e. The van der Waals surface area contributed by atoms with E-state index in [9.17, 15) is 0 Å². The molecule has 1 atom stereocenters. The van der Waals surface area contributed by atoms with Crippen LogP contribution in [0.25, 0.3) is 0 Å². The molecule has 90 valence electrons. The zero-order valence-electron chi connectivity index (χ0n) is 10.00. The molecule has 0 aromatic rings. The SMILES string of the molecule is CCSCCNCC1CN(CC)CCO1. The van der Waals surface area contributed by atoms with E-state index in [2.05, 4.69) is 24.1 Å². The molecule has 4 heteroatoms. The molecule has 1 heterocycles. The van der Waals surface area contributed by atoms with Crippen LogP contribution in [-0.4, -0.2) is 61.8 Å². The molecule has 1 aliphatic rings. The quantitative estimate of drug-likeness (QED) is 0.663. The Morgan fingerprint density at radius 3 is 3.07 bits per heavy atom. The van der Waals surface area contributed by atoms with E-state index in [4.69, 9.17) is 4.74 Å². The van der Waals surface area contributed by atoms with Gasteiger partial charge in [-0.3, -0.25) is 4.90 Å². The minimum atomic E-state index is 0.394. The molecule has 1 N–H and O–H groups in total. The lowest BCUT2D eigenvalue weighted by molar-refractivity contribution is -0.0249. The molecular weight excluding hydrogens is 208 g/mol. The Labute approximate surface area is 97.9 Å². The van der Waals surface area contributed by atoms with Crippen molar-refractivity contribution in [1.29, 1.82) is 0 Å². The molecule has 0 aromatic heterocycles. The number of nitrogens with one attached hydrogen (secondary N) is 1. The second kappa shape index (κ2) is 8.39. The van der Waals surface area contributed by atoms with Crippen LogP contribution in [0.4, 0.5) is 0 Å². The Hall–Kier alpha value is 0.230. The average Bonchev–Trinajstić information content (AvgIpc) is 2.29. The highest BCUT2D eigenvalue weighted by Crippen LogP contribution is 2.03. The van der Waals surface area contributed by atoms with Crippen LogP contribution in [-0.2, 0) is 4.74 Å². The fourth-order valence-corrected chi connectivity index (χ4v) is 2.32. The van der Waals surface area contributed by atoms with Gasteiger partial charge in [-0.1, -0.05) is 13.8 Å². The number of hydrogen-bond acceptors (Lipinski definition) is 4.